The summed E-state index contributed by atoms with van der Waals surface area (Å²) >= 11 is 6.06. The molecule has 6 nitrogen and oxygen atoms in total. The van der Waals surface area contributed by atoms with Gasteiger partial charge in [0, 0.05) is 17.6 Å². The monoisotopic (exact) mass is 316 g/mol. The van der Waals surface area contributed by atoms with Crippen molar-refractivity contribution in [2.24, 2.45) is 0 Å². The van der Waals surface area contributed by atoms with Gasteiger partial charge in [-0.15, -0.1) is 5.10 Å². The van der Waals surface area contributed by atoms with E-state index >= 15 is 0 Å². The Labute approximate surface area is 131 Å². The molecule has 7 heteroatoms. The number of benzene rings is 1. The highest BCUT2D eigenvalue weighted by atomic mass is 35.5. The summed E-state index contributed by atoms with van der Waals surface area (Å²) in [5.74, 6) is 0.164. The van der Waals surface area contributed by atoms with Gasteiger partial charge in [-0.25, -0.2) is 9.50 Å². The van der Waals surface area contributed by atoms with Crippen LogP contribution < -0.4 is 10.1 Å². The summed E-state index contributed by atoms with van der Waals surface area (Å²) in [5.41, 5.74) is 1.71. The van der Waals surface area contributed by atoms with Crippen LogP contribution in [0.3, 0.4) is 0 Å². The predicted molar refractivity (Wildman–Crippen MR) is 82.2 cm³/mol. The van der Waals surface area contributed by atoms with E-state index in [2.05, 4.69) is 15.4 Å². The van der Waals surface area contributed by atoms with Crippen molar-refractivity contribution in [1.82, 2.24) is 19.9 Å². The average Bonchev–Trinajstić information content (AvgIpc) is 2.96. The number of ether oxygens (including phenoxy) is 1. The predicted octanol–water partition coefficient (Wildman–Crippen LogP) is 2.32. The Morgan fingerprint density at radius 3 is 2.91 bits per heavy atom. The lowest BCUT2D eigenvalue weighted by atomic mass is 10.2. The second-order valence-corrected chi connectivity index (χ2v) is 4.99. The van der Waals surface area contributed by atoms with Crippen LogP contribution in [0.4, 0.5) is 0 Å². The highest BCUT2D eigenvalue weighted by molar-refractivity contribution is 6.31. The van der Waals surface area contributed by atoms with E-state index < -0.39 is 0 Å². The van der Waals surface area contributed by atoms with Crippen LogP contribution in [0.5, 0.6) is 5.88 Å². The molecule has 1 aromatic carbocycles. The van der Waals surface area contributed by atoms with E-state index in [1.54, 1.807) is 24.4 Å². The highest BCUT2D eigenvalue weighted by Gasteiger charge is 2.12. The van der Waals surface area contributed by atoms with E-state index in [4.69, 9.17) is 16.3 Å². The molecule has 0 aliphatic rings. The molecule has 3 rings (SSSR count). The fourth-order valence-electron chi connectivity index (χ4n) is 1.99. The SMILES string of the molecule is COc1ccc2nc(C(=O)NCc3ccccc3Cl)cn2n1. The van der Waals surface area contributed by atoms with E-state index in [1.807, 2.05) is 18.2 Å². The minimum atomic E-state index is -0.288. The number of carbonyl (C=O) groups excluding carboxylic acids is 1. The zero-order valence-corrected chi connectivity index (χ0v) is 12.5. The molecule has 0 saturated carbocycles. The van der Waals surface area contributed by atoms with Gasteiger partial charge in [0.1, 0.15) is 5.69 Å². The van der Waals surface area contributed by atoms with Crippen molar-refractivity contribution in [3.63, 3.8) is 0 Å². The zero-order valence-electron chi connectivity index (χ0n) is 11.8. The van der Waals surface area contributed by atoms with Gasteiger partial charge >= 0.3 is 0 Å². The highest BCUT2D eigenvalue weighted by Crippen LogP contribution is 2.14. The first kappa shape index (κ1) is 14.3. The number of hydrogen-bond donors (Lipinski definition) is 1. The lowest BCUT2D eigenvalue weighted by Crippen LogP contribution is -2.23. The average molecular weight is 317 g/mol. The smallest absolute Gasteiger partial charge is 0.271 e. The lowest BCUT2D eigenvalue weighted by Gasteiger charge is -2.04. The second-order valence-electron chi connectivity index (χ2n) is 4.58. The largest absolute Gasteiger partial charge is 0.480 e. The van der Waals surface area contributed by atoms with E-state index in [-0.39, 0.29) is 11.6 Å². The van der Waals surface area contributed by atoms with Crippen LogP contribution in [-0.4, -0.2) is 27.6 Å². The van der Waals surface area contributed by atoms with Gasteiger partial charge in [0.2, 0.25) is 5.88 Å². The molecule has 2 aromatic heterocycles. The third-order valence-electron chi connectivity index (χ3n) is 3.13. The van der Waals surface area contributed by atoms with Crippen LogP contribution in [0.2, 0.25) is 5.02 Å². The number of hydrogen-bond acceptors (Lipinski definition) is 4. The minimum Gasteiger partial charge on any atom is -0.480 e. The Hall–Kier alpha value is -2.60. The Morgan fingerprint density at radius 2 is 2.14 bits per heavy atom. The number of amides is 1. The summed E-state index contributed by atoms with van der Waals surface area (Å²) in [7, 11) is 1.53. The molecule has 0 saturated heterocycles. The van der Waals surface area contributed by atoms with Gasteiger partial charge in [-0.3, -0.25) is 4.79 Å². The Balaban J connectivity index is 1.76. The summed E-state index contributed by atoms with van der Waals surface area (Å²) in [4.78, 5) is 16.4. The Morgan fingerprint density at radius 1 is 1.32 bits per heavy atom. The maximum atomic E-state index is 12.2. The molecule has 0 unspecified atom stereocenters. The quantitative estimate of drug-likeness (QED) is 0.802. The number of nitrogens with one attached hydrogen (secondary N) is 1. The molecule has 1 N–H and O–H groups in total. The van der Waals surface area contributed by atoms with Crippen molar-refractivity contribution < 1.29 is 9.53 Å². The number of methoxy groups -OCH3 is 1. The third kappa shape index (κ3) is 2.87. The second kappa shape index (κ2) is 6.03. The minimum absolute atomic E-state index is 0.285. The topological polar surface area (TPSA) is 68.5 Å². The van der Waals surface area contributed by atoms with Crippen molar-refractivity contribution >= 4 is 23.2 Å². The summed E-state index contributed by atoms with van der Waals surface area (Å²) in [6.45, 7) is 0.336. The molecule has 2 heterocycles. The number of fused-ring (bicyclic) bond motifs is 1. The van der Waals surface area contributed by atoms with Crippen molar-refractivity contribution in [3.8, 4) is 5.88 Å². The van der Waals surface area contributed by atoms with Crippen molar-refractivity contribution in [3.05, 3.63) is 58.9 Å². The first-order chi connectivity index (χ1) is 10.7. The molecule has 22 heavy (non-hydrogen) atoms. The fraction of sp³-hybridized carbons (Fsp3) is 0.133. The van der Waals surface area contributed by atoms with Crippen molar-refractivity contribution in [2.75, 3.05) is 7.11 Å². The normalized spacial score (nSPS) is 10.6. The maximum Gasteiger partial charge on any atom is 0.271 e. The number of halogens is 1. The zero-order chi connectivity index (χ0) is 15.5. The van der Waals surface area contributed by atoms with Crippen LogP contribution in [-0.2, 0) is 6.54 Å². The molecule has 112 valence electrons. The molecule has 0 radical (unpaired) electrons. The maximum absolute atomic E-state index is 12.2. The Kier molecular flexibility index (Phi) is 3.93. The molecular weight excluding hydrogens is 304 g/mol. The molecule has 0 bridgehead atoms. The van der Waals surface area contributed by atoms with E-state index in [0.717, 1.165) is 5.56 Å². The summed E-state index contributed by atoms with van der Waals surface area (Å²) in [6.07, 6.45) is 1.56. The summed E-state index contributed by atoms with van der Waals surface area (Å²) < 4.78 is 6.54. The van der Waals surface area contributed by atoms with E-state index in [0.29, 0.717) is 23.1 Å². The third-order valence-corrected chi connectivity index (χ3v) is 3.50. The van der Waals surface area contributed by atoms with Crippen LogP contribution in [0.25, 0.3) is 5.65 Å². The number of aromatic nitrogens is 3. The van der Waals surface area contributed by atoms with Crippen molar-refractivity contribution in [1.29, 1.82) is 0 Å². The molecule has 0 spiro atoms. The summed E-state index contributed by atoms with van der Waals surface area (Å²) in [6, 6.07) is 10.8. The standard InChI is InChI=1S/C15H13ClN4O2/c1-22-14-7-6-13-18-12(9-20(13)19-14)15(21)17-8-10-4-2-3-5-11(10)16/h2-7,9H,8H2,1H3,(H,17,21). The van der Waals surface area contributed by atoms with Gasteiger partial charge in [-0.1, -0.05) is 29.8 Å². The van der Waals surface area contributed by atoms with E-state index in [9.17, 15) is 4.79 Å². The fourth-order valence-corrected chi connectivity index (χ4v) is 2.19. The molecule has 0 atom stereocenters. The van der Waals surface area contributed by atoms with Gasteiger partial charge in [0.25, 0.3) is 5.91 Å². The number of carbonyl (C=O) groups is 1. The molecular formula is C15H13ClN4O2. The number of imidazole rings is 1. The van der Waals surface area contributed by atoms with E-state index in [1.165, 1.54) is 11.6 Å². The molecule has 0 fully saturated rings. The van der Waals surface area contributed by atoms with Gasteiger partial charge < -0.3 is 10.1 Å². The van der Waals surface area contributed by atoms with Gasteiger partial charge in [0.15, 0.2) is 5.65 Å². The lowest BCUT2D eigenvalue weighted by molar-refractivity contribution is 0.0946. The van der Waals surface area contributed by atoms with Crippen molar-refractivity contribution in [2.45, 2.75) is 6.54 Å². The number of rotatable bonds is 4. The first-order valence-electron chi connectivity index (χ1n) is 6.59. The summed E-state index contributed by atoms with van der Waals surface area (Å²) in [5, 5.41) is 7.56. The van der Waals surface area contributed by atoms with Crippen LogP contribution in [0, 0.1) is 0 Å². The first-order valence-corrected chi connectivity index (χ1v) is 6.97. The Bertz CT molecular complexity index is 831. The molecule has 0 aliphatic carbocycles. The van der Waals surface area contributed by atoms with Crippen LogP contribution in [0.1, 0.15) is 16.1 Å². The van der Waals surface area contributed by atoms with Gasteiger partial charge in [0.05, 0.1) is 13.3 Å². The molecule has 3 aromatic rings. The molecule has 0 aliphatic heterocycles. The number of nitrogens with zero attached hydrogens (tertiary/aromatic N) is 3. The van der Waals surface area contributed by atoms with Gasteiger partial charge in [-0.2, -0.15) is 0 Å². The van der Waals surface area contributed by atoms with Crippen LogP contribution >= 0.6 is 11.6 Å². The van der Waals surface area contributed by atoms with Crippen LogP contribution in [0.15, 0.2) is 42.6 Å². The molecule has 1 amide bonds. The van der Waals surface area contributed by atoms with Gasteiger partial charge in [-0.05, 0) is 17.7 Å².